The predicted octanol–water partition coefficient (Wildman–Crippen LogP) is 5.71. The molecule has 0 spiro atoms. The summed E-state index contributed by atoms with van der Waals surface area (Å²) in [5.74, 6) is -0.785. The molecular formula is C33H34N6O6. The van der Waals surface area contributed by atoms with Crippen LogP contribution in [0.2, 0.25) is 0 Å². The minimum Gasteiger partial charge on any atom is -0.459 e. The molecule has 0 atom stereocenters. The van der Waals surface area contributed by atoms with Crippen molar-refractivity contribution in [2.45, 2.75) is 46.0 Å². The fraction of sp³-hybridized carbons (Fsp3) is 0.212. The van der Waals surface area contributed by atoms with Crippen molar-refractivity contribution >= 4 is 46.4 Å². The zero-order valence-electron chi connectivity index (χ0n) is 25.0. The third kappa shape index (κ3) is 10.2. The van der Waals surface area contributed by atoms with Gasteiger partial charge in [0.1, 0.15) is 0 Å². The molecule has 0 aliphatic rings. The van der Waals surface area contributed by atoms with Crippen LogP contribution in [0.4, 0.5) is 11.4 Å². The number of rotatable bonds is 14. The highest BCUT2D eigenvalue weighted by molar-refractivity contribution is 6.05. The number of carbonyl (C=O) groups is 4. The van der Waals surface area contributed by atoms with Crippen molar-refractivity contribution < 1.29 is 28.0 Å². The quantitative estimate of drug-likeness (QED) is 0.0810. The van der Waals surface area contributed by atoms with E-state index in [1.807, 2.05) is 12.1 Å². The van der Waals surface area contributed by atoms with E-state index in [9.17, 15) is 19.2 Å². The molecule has 4 aromatic rings. The van der Waals surface area contributed by atoms with Crippen molar-refractivity contribution in [3.05, 3.63) is 108 Å². The second kappa shape index (κ2) is 16.2. The Hall–Kier alpha value is -5.78. The predicted molar refractivity (Wildman–Crippen MR) is 170 cm³/mol. The van der Waals surface area contributed by atoms with Crippen LogP contribution in [-0.4, -0.2) is 35.1 Å². The van der Waals surface area contributed by atoms with Crippen LogP contribution in [0.1, 0.15) is 78.2 Å². The van der Waals surface area contributed by atoms with E-state index in [-0.39, 0.29) is 48.0 Å². The van der Waals surface area contributed by atoms with Gasteiger partial charge in [0.15, 0.2) is 11.5 Å². The Bertz CT molecular complexity index is 1550. The summed E-state index contributed by atoms with van der Waals surface area (Å²) in [6.45, 7) is 3.52. The summed E-state index contributed by atoms with van der Waals surface area (Å²) in [6.07, 6.45) is 5.27. The fourth-order valence-corrected chi connectivity index (χ4v) is 4.13. The molecule has 4 N–H and O–H groups in total. The molecule has 45 heavy (non-hydrogen) atoms. The number of hydrogen-bond acceptors (Lipinski definition) is 8. The Morgan fingerprint density at radius 3 is 1.44 bits per heavy atom. The van der Waals surface area contributed by atoms with Gasteiger partial charge < -0.3 is 19.5 Å². The largest absolute Gasteiger partial charge is 0.459 e. The molecule has 2 aromatic heterocycles. The lowest BCUT2D eigenvalue weighted by Crippen LogP contribution is -2.20. The summed E-state index contributed by atoms with van der Waals surface area (Å²) < 4.78 is 10.2. The van der Waals surface area contributed by atoms with Crippen molar-refractivity contribution in [1.29, 1.82) is 0 Å². The normalized spacial score (nSPS) is 11.5. The van der Waals surface area contributed by atoms with Crippen LogP contribution < -0.4 is 21.5 Å². The number of amides is 4. The number of unbranched alkanes of at least 4 members (excludes halogenated alkanes) is 2. The van der Waals surface area contributed by atoms with Crippen LogP contribution in [0.15, 0.2) is 104 Å². The molecule has 0 fully saturated rings. The van der Waals surface area contributed by atoms with Gasteiger partial charge in [0.25, 0.3) is 11.8 Å². The standard InChI is InChI=1S/C33H34N6O6/c1-22(24-10-6-12-26(20-24)34-32(42)28-14-8-18-44-28)36-38-30(40)16-4-3-5-17-31(41)39-37-23(2)25-11-7-13-27(21-25)35-33(43)29-15-9-19-45-29/h6-15,18-21H,3-5,16-17H2,1-2H3,(H,34,42)(H,35,43)(H,38,40)(H,39,41). The molecule has 0 saturated heterocycles. The van der Waals surface area contributed by atoms with Crippen LogP contribution >= 0.6 is 0 Å². The van der Waals surface area contributed by atoms with Gasteiger partial charge in [-0.15, -0.1) is 0 Å². The molecule has 0 saturated carbocycles. The SMILES string of the molecule is CC(=NNC(=O)CCCCCC(=O)NN=C(C)c1cccc(NC(=O)c2ccco2)c1)c1cccc(NC(=O)c2ccco2)c1. The average Bonchev–Trinajstić information content (AvgIpc) is 3.78. The highest BCUT2D eigenvalue weighted by Gasteiger charge is 2.11. The Morgan fingerprint density at radius 2 is 1.04 bits per heavy atom. The van der Waals surface area contributed by atoms with Gasteiger partial charge in [-0.1, -0.05) is 30.7 Å². The van der Waals surface area contributed by atoms with Crippen LogP contribution in [0.3, 0.4) is 0 Å². The molecule has 0 aliphatic heterocycles. The third-order valence-corrected chi connectivity index (χ3v) is 6.57. The van der Waals surface area contributed by atoms with E-state index in [2.05, 4.69) is 31.7 Å². The lowest BCUT2D eigenvalue weighted by molar-refractivity contribution is -0.121. The molecule has 12 nitrogen and oxygen atoms in total. The van der Waals surface area contributed by atoms with Crippen LogP contribution in [0.25, 0.3) is 0 Å². The summed E-state index contributed by atoms with van der Waals surface area (Å²) in [5.41, 5.74) is 8.88. The number of nitrogens with one attached hydrogen (secondary N) is 4. The minimum absolute atomic E-state index is 0.204. The van der Waals surface area contributed by atoms with E-state index >= 15 is 0 Å². The van der Waals surface area contributed by atoms with Crippen molar-refractivity contribution in [2.24, 2.45) is 10.2 Å². The van der Waals surface area contributed by atoms with Gasteiger partial charge in [0, 0.05) is 24.2 Å². The molecule has 4 amide bonds. The number of nitrogens with zero attached hydrogens (tertiary/aromatic N) is 2. The summed E-state index contributed by atoms with van der Waals surface area (Å²) in [7, 11) is 0. The minimum atomic E-state index is -0.364. The van der Waals surface area contributed by atoms with Crippen molar-refractivity contribution in [2.75, 3.05) is 10.6 Å². The number of furan rings is 2. The van der Waals surface area contributed by atoms with E-state index in [0.717, 1.165) is 11.1 Å². The van der Waals surface area contributed by atoms with Crippen LogP contribution in [0.5, 0.6) is 0 Å². The first-order chi connectivity index (χ1) is 21.8. The maximum absolute atomic E-state index is 12.3. The first-order valence-electron chi connectivity index (χ1n) is 14.4. The summed E-state index contributed by atoms with van der Waals surface area (Å²) in [6, 6.07) is 20.6. The van der Waals surface area contributed by atoms with Gasteiger partial charge in [0.05, 0.1) is 23.9 Å². The van der Waals surface area contributed by atoms with Gasteiger partial charge in [-0.05, 0) is 86.3 Å². The summed E-state index contributed by atoms with van der Waals surface area (Å²) in [5, 5.41) is 13.9. The first-order valence-corrected chi connectivity index (χ1v) is 14.4. The average molecular weight is 611 g/mol. The maximum atomic E-state index is 12.3. The first kappa shape index (κ1) is 32.1. The van der Waals surface area contributed by atoms with E-state index in [1.165, 1.54) is 12.5 Å². The molecule has 2 heterocycles. The van der Waals surface area contributed by atoms with Gasteiger partial charge in [-0.3, -0.25) is 19.2 Å². The third-order valence-electron chi connectivity index (χ3n) is 6.57. The molecule has 0 radical (unpaired) electrons. The van der Waals surface area contributed by atoms with Crippen LogP contribution in [0, 0.1) is 0 Å². The molecule has 0 unspecified atom stereocenters. The summed E-state index contributed by atoms with van der Waals surface area (Å²) in [4.78, 5) is 48.9. The lowest BCUT2D eigenvalue weighted by atomic mass is 10.1. The van der Waals surface area contributed by atoms with E-state index in [1.54, 1.807) is 74.5 Å². The lowest BCUT2D eigenvalue weighted by Gasteiger charge is -2.07. The number of carbonyl (C=O) groups excluding carboxylic acids is 4. The number of anilines is 2. The monoisotopic (exact) mass is 610 g/mol. The molecule has 0 bridgehead atoms. The molecule has 2 aromatic carbocycles. The van der Waals surface area contributed by atoms with E-state index in [0.29, 0.717) is 42.1 Å². The van der Waals surface area contributed by atoms with Gasteiger partial charge in [-0.2, -0.15) is 10.2 Å². The smallest absolute Gasteiger partial charge is 0.291 e. The van der Waals surface area contributed by atoms with Crippen molar-refractivity contribution in [1.82, 2.24) is 10.9 Å². The molecule has 12 heteroatoms. The number of hydrazone groups is 2. The highest BCUT2D eigenvalue weighted by atomic mass is 16.3. The van der Waals surface area contributed by atoms with E-state index < -0.39 is 0 Å². The van der Waals surface area contributed by atoms with Gasteiger partial charge >= 0.3 is 0 Å². The van der Waals surface area contributed by atoms with Gasteiger partial charge in [-0.25, -0.2) is 10.9 Å². The molecule has 4 rings (SSSR count). The second-order valence-electron chi connectivity index (χ2n) is 10.0. The van der Waals surface area contributed by atoms with Crippen molar-refractivity contribution in [3.8, 4) is 0 Å². The number of benzene rings is 2. The Balaban J connectivity index is 1.13. The second-order valence-corrected chi connectivity index (χ2v) is 10.0. The molecular weight excluding hydrogens is 576 g/mol. The Labute approximate surface area is 260 Å². The zero-order chi connectivity index (χ0) is 32.0. The Kier molecular flexibility index (Phi) is 11.6. The summed E-state index contributed by atoms with van der Waals surface area (Å²) >= 11 is 0. The highest BCUT2D eigenvalue weighted by Crippen LogP contribution is 2.15. The van der Waals surface area contributed by atoms with E-state index in [4.69, 9.17) is 8.83 Å². The maximum Gasteiger partial charge on any atom is 0.291 e. The zero-order valence-corrected chi connectivity index (χ0v) is 25.0. The topological polar surface area (TPSA) is 167 Å². The van der Waals surface area contributed by atoms with Gasteiger partial charge in [0.2, 0.25) is 11.8 Å². The number of hydrogen-bond donors (Lipinski definition) is 4. The fourth-order valence-electron chi connectivity index (χ4n) is 4.13. The molecule has 0 aliphatic carbocycles. The van der Waals surface area contributed by atoms with Crippen LogP contribution in [-0.2, 0) is 9.59 Å². The van der Waals surface area contributed by atoms with Crippen molar-refractivity contribution in [3.63, 3.8) is 0 Å². The molecule has 232 valence electrons. The Morgan fingerprint density at radius 1 is 0.600 bits per heavy atom.